The lowest BCUT2D eigenvalue weighted by molar-refractivity contribution is -0.121. The highest BCUT2D eigenvalue weighted by molar-refractivity contribution is 7.13. The Kier molecular flexibility index (Phi) is 6.21. The Morgan fingerprint density at radius 2 is 2.03 bits per heavy atom. The third kappa shape index (κ3) is 4.76. The molecule has 3 heterocycles. The molecule has 0 saturated heterocycles. The maximum Gasteiger partial charge on any atom is 0.252 e. The number of hydrogen-bond donors (Lipinski definition) is 1. The molecule has 1 aromatic carbocycles. The first-order chi connectivity index (χ1) is 14.7. The average molecular weight is 425 g/mol. The molecule has 30 heavy (non-hydrogen) atoms. The largest absolute Gasteiger partial charge is 0.493 e. The zero-order valence-electron chi connectivity index (χ0n) is 16.2. The van der Waals surface area contributed by atoms with E-state index in [-0.39, 0.29) is 25.0 Å². The number of ether oxygens (including phenoxy) is 2. The number of anilines is 1. The van der Waals surface area contributed by atoms with Crippen LogP contribution in [0.15, 0.2) is 63.0 Å². The van der Waals surface area contributed by atoms with E-state index in [2.05, 4.69) is 15.6 Å². The SMILES string of the molecule is CCOc1ccccc1-c1cc(NC(=O)COCc2cc(-c3cccs3)on2)on1. The van der Waals surface area contributed by atoms with Crippen molar-refractivity contribution in [3.05, 3.63) is 59.6 Å². The number of benzene rings is 1. The molecule has 0 atom stereocenters. The summed E-state index contributed by atoms with van der Waals surface area (Å²) in [5.74, 6) is 1.24. The van der Waals surface area contributed by atoms with Crippen molar-refractivity contribution in [1.82, 2.24) is 10.3 Å². The van der Waals surface area contributed by atoms with Gasteiger partial charge in [-0.15, -0.1) is 11.3 Å². The van der Waals surface area contributed by atoms with Crippen molar-refractivity contribution in [1.29, 1.82) is 0 Å². The number of thiophene rings is 1. The topological polar surface area (TPSA) is 99.6 Å². The smallest absolute Gasteiger partial charge is 0.252 e. The summed E-state index contributed by atoms with van der Waals surface area (Å²) in [4.78, 5) is 13.1. The Balaban J connectivity index is 1.29. The molecule has 0 unspecified atom stereocenters. The minimum atomic E-state index is -0.363. The van der Waals surface area contributed by atoms with Crippen molar-refractivity contribution in [2.75, 3.05) is 18.5 Å². The van der Waals surface area contributed by atoms with Gasteiger partial charge < -0.3 is 18.5 Å². The second-order valence-corrected chi connectivity index (χ2v) is 7.15. The molecule has 0 bridgehead atoms. The molecule has 0 aliphatic heterocycles. The fraction of sp³-hybridized carbons (Fsp3) is 0.190. The van der Waals surface area contributed by atoms with Crippen LogP contribution < -0.4 is 10.1 Å². The Hall–Kier alpha value is -3.43. The second kappa shape index (κ2) is 9.38. The molecule has 4 aromatic rings. The fourth-order valence-electron chi connectivity index (χ4n) is 2.76. The third-order valence-corrected chi connectivity index (χ3v) is 4.93. The van der Waals surface area contributed by atoms with Crippen LogP contribution in [0.3, 0.4) is 0 Å². The van der Waals surface area contributed by atoms with Crippen LogP contribution in [-0.4, -0.2) is 29.4 Å². The van der Waals surface area contributed by atoms with Gasteiger partial charge in [-0.05, 0) is 30.5 Å². The quantitative estimate of drug-likeness (QED) is 0.418. The van der Waals surface area contributed by atoms with Gasteiger partial charge in [-0.2, -0.15) is 0 Å². The van der Waals surface area contributed by atoms with E-state index < -0.39 is 0 Å². The van der Waals surface area contributed by atoms with E-state index >= 15 is 0 Å². The molecule has 9 heteroatoms. The predicted molar refractivity (Wildman–Crippen MR) is 111 cm³/mol. The highest BCUT2D eigenvalue weighted by Crippen LogP contribution is 2.30. The van der Waals surface area contributed by atoms with E-state index in [0.717, 1.165) is 10.4 Å². The van der Waals surface area contributed by atoms with Crippen LogP contribution in [0, 0.1) is 0 Å². The zero-order chi connectivity index (χ0) is 20.8. The number of nitrogens with zero attached hydrogens (tertiary/aromatic N) is 2. The van der Waals surface area contributed by atoms with Gasteiger partial charge in [0.2, 0.25) is 5.88 Å². The maximum absolute atomic E-state index is 12.1. The fourth-order valence-corrected chi connectivity index (χ4v) is 3.43. The molecule has 0 spiro atoms. The molecule has 0 radical (unpaired) electrons. The zero-order valence-corrected chi connectivity index (χ0v) is 17.0. The average Bonchev–Trinajstić information content (AvgIpc) is 3.50. The van der Waals surface area contributed by atoms with Crippen LogP contribution in [0.1, 0.15) is 12.6 Å². The summed E-state index contributed by atoms with van der Waals surface area (Å²) < 4.78 is 21.5. The van der Waals surface area contributed by atoms with Gasteiger partial charge in [0.25, 0.3) is 5.91 Å². The molecule has 0 fully saturated rings. The summed E-state index contributed by atoms with van der Waals surface area (Å²) in [5.41, 5.74) is 1.96. The predicted octanol–water partition coefficient (Wildman–Crippen LogP) is 4.61. The molecule has 154 valence electrons. The Bertz CT molecular complexity index is 1100. The number of carbonyl (C=O) groups excluding carboxylic acids is 1. The van der Waals surface area contributed by atoms with E-state index in [9.17, 15) is 4.79 Å². The Labute approximate surface area is 176 Å². The van der Waals surface area contributed by atoms with Gasteiger partial charge in [-0.25, -0.2) is 0 Å². The molecular weight excluding hydrogens is 406 g/mol. The van der Waals surface area contributed by atoms with E-state index in [1.165, 1.54) is 0 Å². The number of aromatic nitrogens is 2. The lowest BCUT2D eigenvalue weighted by Gasteiger charge is -2.06. The van der Waals surface area contributed by atoms with Crippen LogP contribution in [0.4, 0.5) is 5.88 Å². The number of amides is 1. The van der Waals surface area contributed by atoms with Crippen molar-refractivity contribution in [3.8, 4) is 27.6 Å². The molecule has 1 N–H and O–H groups in total. The highest BCUT2D eigenvalue weighted by atomic mass is 32.1. The van der Waals surface area contributed by atoms with Crippen LogP contribution in [0.25, 0.3) is 21.9 Å². The van der Waals surface area contributed by atoms with Crippen molar-refractivity contribution in [2.24, 2.45) is 0 Å². The van der Waals surface area contributed by atoms with Gasteiger partial charge in [0.15, 0.2) is 5.76 Å². The summed E-state index contributed by atoms with van der Waals surface area (Å²) in [5, 5.41) is 12.5. The van der Waals surface area contributed by atoms with Gasteiger partial charge >= 0.3 is 0 Å². The first-order valence-electron chi connectivity index (χ1n) is 9.29. The normalized spacial score (nSPS) is 10.8. The molecule has 3 aromatic heterocycles. The van der Waals surface area contributed by atoms with E-state index in [1.54, 1.807) is 23.5 Å². The van der Waals surface area contributed by atoms with Crippen LogP contribution in [-0.2, 0) is 16.1 Å². The van der Waals surface area contributed by atoms with Crippen molar-refractivity contribution < 1.29 is 23.3 Å². The minimum Gasteiger partial charge on any atom is -0.493 e. The molecule has 0 saturated carbocycles. The minimum absolute atomic E-state index is 0.158. The first kappa shape index (κ1) is 19.9. The Morgan fingerprint density at radius 1 is 1.13 bits per heavy atom. The summed E-state index contributed by atoms with van der Waals surface area (Å²) >= 11 is 1.56. The van der Waals surface area contributed by atoms with Gasteiger partial charge in [0.05, 0.1) is 18.1 Å². The van der Waals surface area contributed by atoms with E-state index in [4.69, 9.17) is 18.5 Å². The van der Waals surface area contributed by atoms with E-state index in [1.807, 2.05) is 48.7 Å². The van der Waals surface area contributed by atoms with Crippen LogP contribution in [0.2, 0.25) is 0 Å². The number of rotatable bonds is 9. The highest BCUT2D eigenvalue weighted by Gasteiger charge is 2.14. The van der Waals surface area contributed by atoms with Crippen LogP contribution >= 0.6 is 11.3 Å². The standard InChI is InChI=1S/C21H19N3O5S/c1-2-27-17-7-4-3-6-15(17)16-11-21(29-24-16)22-20(25)13-26-12-14-10-18(28-23-14)19-8-5-9-30-19/h3-11H,2,12-13H2,1H3,(H,22,25). The third-order valence-electron chi connectivity index (χ3n) is 4.04. The number of para-hydroxylation sites is 1. The monoisotopic (exact) mass is 425 g/mol. The lowest BCUT2D eigenvalue weighted by atomic mass is 10.1. The first-order valence-corrected chi connectivity index (χ1v) is 10.2. The molecule has 4 rings (SSSR count). The summed E-state index contributed by atoms with van der Waals surface area (Å²) in [6.45, 7) is 2.45. The number of nitrogens with one attached hydrogen (secondary N) is 1. The van der Waals surface area contributed by atoms with Crippen LogP contribution in [0.5, 0.6) is 5.75 Å². The summed E-state index contributed by atoms with van der Waals surface area (Å²) in [6.07, 6.45) is 0. The van der Waals surface area contributed by atoms with Crippen molar-refractivity contribution in [3.63, 3.8) is 0 Å². The molecule has 0 aliphatic carbocycles. The molecule has 8 nitrogen and oxygen atoms in total. The number of hydrogen-bond acceptors (Lipinski definition) is 8. The van der Waals surface area contributed by atoms with Gasteiger partial charge in [-0.1, -0.05) is 28.5 Å². The molecule has 0 aliphatic rings. The molecular formula is C21H19N3O5S. The van der Waals surface area contributed by atoms with Crippen molar-refractivity contribution >= 4 is 23.1 Å². The van der Waals surface area contributed by atoms with Gasteiger partial charge in [-0.3, -0.25) is 10.1 Å². The van der Waals surface area contributed by atoms with E-state index in [0.29, 0.717) is 29.5 Å². The van der Waals surface area contributed by atoms with Gasteiger partial charge in [0, 0.05) is 17.7 Å². The Morgan fingerprint density at radius 3 is 2.87 bits per heavy atom. The second-order valence-electron chi connectivity index (χ2n) is 6.21. The summed E-state index contributed by atoms with van der Waals surface area (Å²) in [7, 11) is 0. The maximum atomic E-state index is 12.1. The number of carbonyl (C=O) groups is 1. The summed E-state index contributed by atoms with van der Waals surface area (Å²) in [6, 6.07) is 14.8. The lowest BCUT2D eigenvalue weighted by Crippen LogP contribution is -2.17. The van der Waals surface area contributed by atoms with Gasteiger partial charge in [0.1, 0.15) is 23.7 Å². The van der Waals surface area contributed by atoms with Crippen molar-refractivity contribution in [2.45, 2.75) is 13.5 Å². The molecule has 1 amide bonds.